The van der Waals surface area contributed by atoms with Crippen LogP contribution in [0.1, 0.15) is 51.4 Å². The van der Waals surface area contributed by atoms with Gasteiger partial charge in [-0.05, 0) is 88.4 Å². The Kier molecular flexibility index (Phi) is 15.6. The summed E-state index contributed by atoms with van der Waals surface area (Å²) < 4.78 is 134. The van der Waals surface area contributed by atoms with Gasteiger partial charge >= 0.3 is 87.6 Å². The molecule has 0 spiro atoms. The van der Waals surface area contributed by atoms with Gasteiger partial charge in [0.25, 0.3) is 0 Å². The molecule has 16 nitrogen and oxygen atoms in total. The highest BCUT2D eigenvalue weighted by atomic mass is 28.6. The Labute approximate surface area is 547 Å². The molecule has 8 aromatic rings. The molecule has 10 fully saturated rings. The number of hydrogen-bond donors (Lipinski definition) is 0. The lowest BCUT2D eigenvalue weighted by Crippen LogP contribution is -2.93. The summed E-state index contributed by atoms with van der Waals surface area (Å²) in [6.45, 7) is 4.25. The average molecular weight is 1400 g/mol. The van der Waals surface area contributed by atoms with Gasteiger partial charge in [-0.1, -0.05) is 243 Å². The lowest BCUT2D eigenvalue weighted by atomic mass is 9.88. The molecule has 0 amide bonds. The van der Waals surface area contributed by atoms with Crippen LogP contribution in [0.4, 0.5) is 0 Å². The highest BCUT2D eigenvalue weighted by molar-refractivity contribution is 7.12. The maximum absolute atomic E-state index is 8.75. The molecule has 2 aliphatic carbocycles. The van der Waals surface area contributed by atoms with E-state index in [1.807, 2.05) is 243 Å². The summed E-state index contributed by atoms with van der Waals surface area (Å²) in [5, 5.41) is 4.62. The topological polar surface area (TPSA) is 154 Å². The summed E-state index contributed by atoms with van der Waals surface area (Å²) in [6.07, 6.45) is 8.40. The quantitative estimate of drug-likeness (QED) is 0.0802. The third-order valence-corrected chi connectivity index (χ3v) is 62.8. The number of ether oxygens (including phenoxy) is 2. The first-order valence-corrected chi connectivity index (χ1v) is 51.2. The van der Waals surface area contributed by atoms with Crippen molar-refractivity contribution in [3.05, 3.63) is 243 Å². The molecule has 8 heterocycles. The fourth-order valence-corrected chi connectivity index (χ4v) is 71.6. The first kappa shape index (κ1) is 60.9. The summed E-state index contributed by atoms with van der Waals surface area (Å²) in [5.41, 5.74) is 0. The second-order valence-electron chi connectivity index (χ2n) is 25.9. The van der Waals surface area contributed by atoms with Crippen molar-refractivity contribution in [2.45, 2.75) is 101 Å². The lowest BCUT2D eigenvalue weighted by Gasteiger charge is -2.61. The van der Waals surface area contributed by atoms with Gasteiger partial charge in [0.2, 0.25) is 0 Å². The van der Waals surface area contributed by atoms with Crippen LogP contribution in [-0.2, 0) is 67.1 Å². The molecule has 2 saturated carbocycles. The molecule has 8 aliphatic heterocycles. The van der Waals surface area contributed by atoms with Crippen LogP contribution in [0.2, 0.25) is 25.2 Å². The molecule has 472 valence electrons. The van der Waals surface area contributed by atoms with Gasteiger partial charge in [0.05, 0.1) is 24.4 Å². The fraction of sp³-hybridized carbons (Fsp3) is 0.273. The van der Waals surface area contributed by atoms with Gasteiger partial charge < -0.3 is 67.1 Å². The number of hydrogen-bond acceptors (Lipinski definition) is 16. The van der Waals surface area contributed by atoms with E-state index in [2.05, 4.69) is 13.1 Å². The van der Waals surface area contributed by atoms with Crippen LogP contribution in [0.25, 0.3) is 0 Å². The monoisotopic (exact) mass is 1400 g/mol. The van der Waals surface area contributed by atoms with Crippen molar-refractivity contribution in [2.24, 2.45) is 11.8 Å². The molecular formula is C66H72O16Si10. The van der Waals surface area contributed by atoms with Gasteiger partial charge in [-0.3, -0.25) is 0 Å². The van der Waals surface area contributed by atoms with Crippen molar-refractivity contribution >= 4 is 129 Å². The number of benzene rings is 8. The third-order valence-electron chi connectivity index (χ3n) is 19.3. The first-order valence-electron chi connectivity index (χ1n) is 32.4. The largest absolute Gasteiger partial charge is 0.515 e. The normalized spacial score (nSPS) is 39.3. The van der Waals surface area contributed by atoms with Crippen LogP contribution in [0, 0.1) is 11.8 Å². The Morgan fingerprint density at radius 2 is 0.424 bits per heavy atom. The average Bonchev–Trinajstić information content (AvgIpc) is 0.758. The van der Waals surface area contributed by atoms with Crippen molar-refractivity contribution in [1.29, 1.82) is 0 Å². The predicted molar refractivity (Wildman–Crippen MR) is 364 cm³/mol. The molecule has 8 bridgehead atoms. The Balaban J connectivity index is 1.06. The molecule has 8 saturated heterocycles. The lowest BCUT2D eigenvalue weighted by molar-refractivity contribution is 0.0250. The molecular weight excluding hydrogens is 1330 g/mol. The number of epoxide rings is 2. The van der Waals surface area contributed by atoms with Crippen LogP contribution in [0.5, 0.6) is 0 Å². The minimum absolute atomic E-state index is 0.232. The Morgan fingerprint density at radius 1 is 0.239 bits per heavy atom. The molecule has 18 rings (SSSR count). The van der Waals surface area contributed by atoms with E-state index in [1.165, 1.54) is 0 Å². The maximum Gasteiger partial charge on any atom is 0.515 e. The van der Waals surface area contributed by atoms with Crippen LogP contribution in [0.15, 0.2) is 243 Å². The van der Waals surface area contributed by atoms with Crippen molar-refractivity contribution in [3.63, 3.8) is 0 Å². The SMILES string of the molecule is C[Si]1(CCC2CCC3OC3C2)O[Si]2(c3ccccc3)O[Si]3(c4ccccc4)O[Si]4(c5ccccc5)O[Si](C)(CCC5CCC6OC6C5)O[Si]5(c6ccccc6)O[Si](c6ccccc6)(O[Si](c6ccccc6)(O1)O[Si](c1ccccc1)(O5)O[Si](c1ccccc1)(O2)O4)O3. The van der Waals surface area contributed by atoms with Crippen LogP contribution in [-0.4, -0.2) is 112 Å². The number of fused-ring (bicyclic) bond motifs is 6. The Morgan fingerprint density at radius 3 is 0.609 bits per heavy atom. The molecule has 26 heteroatoms. The van der Waals surface area contributed by atoms with E-state index >= 15 is 0 Å². The highest BCUT2D eigenvalue weighted by Crippen LogP contribution is 2.50. The van der Waals surface area contributed by atoms with Gasteiger partial charge in [-0.15, -0.1) is 0 Å². The van der Waals surface area contributed by atoms with E-state index in [0.717, 1.165) is 51.4 Å². The summed E-state index contributed by atoms with van der Waals surface area (Å²) in [5.74, 6) is 0.601. The van der Waals surface area contributed by atoms with Gasteiger partial charge in [-0.2, -0.15) is 0 Å². The van der Waals surface area contributed by atoms with E-state index in [9.17, 15) is 0 Å². The Hall–Kier alpha value is -4.71. The zero-order valence-corrected chi connectivity index (χ0v) is 61.2. The summed E-state index contributed by atoms with van der Waals surface area (Å²) in [7, 11) is -49.0. The molecule has 10 aliphatic rings. The highest BCUT2D eigenvalue weighted by Gasteiger charge is 2.83. The molecule has 0 N–H and O–H groups in total. The van der Waals surface area contributed by atoms with Crippen molar-refractivity contribution in [1.82, 2.24) is 0 Å². The third kappa shape index (κ3) is 11.1. The minimum atomic E-state index is -5.18. The molecule has 6 atom stereocenters. The van der Waals surface area contributed by atoms with Crippen LogP contribution in [0.3, 0.4) is 0 Å². The smallest absolute Gasteiger partial charge is 0.391 e. The van der Waals surface area contributed by atoms with Gasteiger partial charge in [0.1, 0.15) is 0 Å². The maximum atomic E-state index is 8.75. The van der Waals surface area contributed by atoms with E-state index in [0.29, 0.717) is 77.6 Å². The van der Waals surface area contributed by atoms with E-state index in [1.54, 1.807) is 0 Å². The molecule has 6 unspecified atom stereocenters. The zero-order chi connectivity index (χ0) is 61.8. The van der Waals surface area contributed by atoms with Crippen LogP contribution < -0.4 is 41.5 Å². The minimum Gasteiger partial charge on any atom is -0.391 e. The van der Waals surface area contributed by atoms with Crippen molar-refractivity contribution in [2.75, 3.05) is 0 Å². The summed E-state index contributed by atoms with van der Waals surface area (Å²) in [4.78, 5) is 0. The second kappa shape index (κ2) is 23.5. The molecule has 8 aromatic carbocycles. The van der Waals surface area contributed by atoms with Gasteiger partial charge in [0.15, 0.2) is 0 Å². The van der Waals surface area contributed by atoms with Crippen LogP contribution >= 0.6 is 0 Å². The van der Waals surface area contributed by atoms with E-state index < -0.39 is 87.6 Å². The first-order chi connectivity index (χ1) is 44.8. The van der Waals surface area contributed by atoms with Gasteiger partial charge in [0, 0.05) is 41.5 Å². The fourth-order valence-electron chi connectivity index (χ4n) is 14.6. The number of rotatable bonds is 14. The van der Waals surface area contributed by atoms with E-state index in [4.69, 9.17) is 67.1 Å². The Bertz CT molecular complexity index is 3420. The molecule has 0 aromatic heterocycles. The molecule has 92 heavy (non-hydrogen) atoms. The van der Waals surface area contributed by atoms with Gasteiger partial charge in [-0.25, -0.2) is 0 Å². The second-order valence-corrected chi connectivity index (χ2v) is 56.4. The predicted octanol–water partition coefficient (Wildman–Crippen LogP) is 7.11. The van der Waals surface area contributed by atoms with Crippen molar-refractivity contribution in [3.8, 4) is 0 Å². The summed E-state index contributed by atoms with van der Waals surface area (Å²) in [6, 6.07) is 80.6. The molecule has 0 radical (unpaired) electrons. The summed E-state index contributed by atoms with van der Waals surface area (Å²) >= 11 is 0. The standard InChI is InChI=1S/C66H72O16Si10/c1-83(49-47-53-43-45-63-65(51-53)67-63)69-85(55-27-11-3-12-28-55)73-89(59-35-19-7-20-36-59)77-87(57-31-15-5-16-32-57)71-84(2,50-48-54-44-46-64-66(52-54)68-64)72-88(58-33-17-6-18-34-58)79-91(81-89,61-39-23-9-24-40-61)75-86(70-83,56-29-13-4-14-30-56)76-92(80-88,62-41-25-10-26-42-62)82-90(74-85,78-87)60-37-21-8-22-38-60/h3-42,53-54,63-66H,43-52H2,1-2H3. The van der Waals surface area contributed by atoms with Crippen molar-refractivity contribution < 1.29 is 67.1 Å². The van der Waals surface area contributed by atoms with E-state index in [-0.39, 0.29) is 12.2 Å². The zero-order valence-electron chi connectivity index (χ0n) is 51.2.